The highest BCUT2D eigenvalue weighted by atomic mass is 16.2. The summed E-state index contributed by atoms with van der Waals surface area (Å²) in [5.74, 6) is 3.28. The van der Waals surface area contributed by atoms with Crippen LogP contribution < -0.4 is 10.6 Å². The average Bonchev–Trinajstić information content (AvgIpc) is 1.69. The van der Waals surface area contributed by atoms with Gasteiger partial charge in [-0.05, 0) is 114 Å². The quantitative estimate of drug-likeness (QED) is 0.121. The van der Waals surface area contributed by atoms with E-state index in [0.29, 0.717) is 11.8 Å². The van der Waals surface area contributed by atoms with Crippen molar-refractivity contribution in [3.8, 4) is 11.3 Å². The third-order valence-corrected chi connectivity index (χ3v) is 14.8. The van der Waals surface area contributed by atoms with Crippen molar-refractivity contribution in [1.29, 1.82) is 0 Å². The number of H-pyrrole nitrogens is 2. The average molecular weight is 1300 g/mol. The standard InChI is InChI=1S/C17H24N2.C17H23N.C15H22N2.C14H21NO.C13H19NO.5C2H6/c1-16(2,3)13-9-7-12(8-10-13)14-11-18-15(19-14)17(4,5)6;1-12(2)16-10-14(11-18-16)13-7-6-8-15(9-13)17(3,4)5;1-14(2,3)10-7-8-11-12(9-10)17-13(16-11)15(4,5)6;1-10(2)13(16)15-12-8-6-11(7-9-12)14(3,4)5;1-9(2)11-6-5-7-12(8-11)14-13(15)10(3)4;5*1-2/h7-11H,1-6H3,(H,18,19);6-9,11-12H,10H2,1-5H3;7-9H,1-6H3,(H,16,17);6-10H,1-5H3,(H,15,16);5-10H,1-4H3,(H,14,15);5*1-2H3. The Labute approximate surface area is 583 Å². The second kappa shape index (κ2) is 41.9. The van der Waals surface area contributed by atoms with Gasteiger partial charge in [0.2, 0.25) is 11.8 Å². The summed E-state index contributed by atoms with van der Waals surface area (Å²) >= 11 is 0. The highest BCUT2D eigenvalue weighted by Gasteiger charge is 2.23. The number of carbonyl (C=O) groups is 2. The van der Waals surface area contributed by atoms with E-state index >= 15 is 0 Å². The number of aromatic nitrogens is 4. The summed E-state index contributed by atoms with van der Waals surface area (Å²) < 4.78 is 0. The molecule has 1 aliphatic rings. The number of carbonyl (C=O) groups excluding carboxylic acids is 2. The van der Waals surface area contributed by atoms with Crippen molar-refractivity contribution in [2.75, 3.05) is 10.6 Å². The number of hydrogen-bond acceptors (Lipinski definition) is 5. The molecule has 0 radical (unpaired) electrons. The van der Waals surface area contributed by atoms with Gasteiger partial charge in [0.15, 0.2) is 0 Å². The Bertz CT molecular complexity index is 3310. The first-order chi connectivity index (χ1) is 44.0. The van der Waals surface area contributed by atoms with E-state index < -0.39 is 0 Å². The van der Waals surface area contributed by atoms with Crippen LogP contribution in [0.1, 0.15) is 307 Å². The summed E-state index contributed by atoms with van der Waals surface area (Å²) in [6.45, 7) is 76.0. The fourth-order valence-corrected chi connectivity index (χ4v) is 8.59. The summed E-state index contributed by atoms with van der Waals surface area (Å²) in [7, 11) is 0. The summed E-state index contributed by atoms with van der Waals surface area (Å²) in [5, 5.41) is 5.78. The number of fused-ring (bicyclic) bond motifs is 1. The van der Waals surface area contributed by atoms with E-state index in [0.717, 1.165) is 46.2 Å². The molecule has 4 N–H and O–H groups in total. The van der Waals surface area contributed by atoms with Crippen LogP contribution in [0.15, 0.2) is 133 Å². The molecule has 0 bridgehead atoms. The van der Waals surface area contributed by atoms with Crippen molar-refractivity contribution < 1.29 is 9.59 Å². The van der Waals surface area contributed by atoms with Gasteiger partial charge in [0.1, 0.15) is 11.6 Å². The number of imidazole rings is 2. The lowest BCUT2D eigenvalue weighted by Gasteiger charge is -2.20. The number of benzene rings is 5. The second-order valence-electron chi connectivity index (χ2n) is 30.4. The van der Waals surface area contributed by atoms with Crippen molar-refractivity contribution in [3.05, 3.63) is 173 Å². The Hall–Kier alpha value is -6.87. The minimum absolute atomic E-state index is 0.0160. The van der Waals surface area contributed by atoms with E-state index in [1.165, 1.54) is 50.2 Å². The molecule has 2 aromatic heterocycles. The molecule has 0 aliphatic carbocycles. The van der Waals surface area contributed by atoms with Gasteiger partial charge in [0.25, 0.3) is 0 Å². The number of allylic oxidation sites excluding steroid dienone is 1. The third-order valence-electron chi connectivity index (χ3n) is 14.8. The van der Waals surface area contributed by atoms with E-state index in [4.69, 9.17) is 0 Å². The van der Waals surface area contributed by atoms with Crippen LogP contribution in [0.4, 0.5) is 11.4 Å². The van der Waals surface area contributed by atoms with E-state index in [9.17, 15) is 9.59 Å². The molecule has 0 fully saturated rings. The molecule has 1 aliphatic heterocycles. The number of hydrogen-bond donors (Lipinski definition) is 4. The molecule has 3 heterocycles. The minimum Gasteiger partial charge on any atom is -0.342 e. The molecular formula is C86H139N7O2. The summed E-state index contributed by atoms with van der Waals surface area (Å²) in [6.07, 6.45) is 4.97. The Kier molecular flexibility index (Phi) is 39.8. The largest absolute Gasteiger partial charge is 0.342 e. The fraction of sp³-hybridized carbons (Fsp3) is 0.547. The van der Waals surface area contributed by atoms with Gasteiger partial charge in [0, 0.05) is 52.4 Å². The van der Waals surface area contributed by atoms with Gasteiger partial charge >= 0.3 is 0 Å². The van der Waals surface area contributed by atoms with Crippen molar-refractivity contribution in [2.45, 2.75) is 294 Å². The second-order valence-corrected chi connectivity index (χ2v) is 30.4. The molecule has 9 nitrogen and oxygen atoms in total. The molecule has 2 amide bonds. The third kappa shape index (κ3) is 32.2. The van der Waals surface area contributed by atoms with Gasteiger partial charge < -0.3 is 20.6 Å². The minimum atomic E-state index is 0.0160. The molecule has 0 saturated carbocycles. The summed E-state index contributed by atoms with van der Waals surface area (Å²) in [5.41, 5.74) is 17.7. The van der Waals surface area contributed by atoms with Crippen LogP contribution in [0.25, 0.3) is 27.9 Å². The number of nitrogens with one attached hydrogen (secondary N) is 4. The van der Waals surface area contributed by atoms with E-state index in [1.807, 2.05) is 140 Å². The van der Waals surface area contributed by atoms with Crippen molar-refractivity contribution >= 4 is 45.5 Å². The Morgan fingerprint density at radius 1 is 0.421 bits per heavy atom. The van der Waals surface area contributed by atoms with Crippen molar-refractivity contribution in [1.82, 2.24) is 19.9 Å². The number of nitrogens with zero attached hydrogens (tertiary/aromatic N) is 3. The monoisotopic (exact) mass is 1300 g/mol. The first-order valence-corrected chi connectivity index (χ1v) is 35.9. The van der Waals surface area contributed by atoms with Gasteiger partial charge in [-0.15, -0.1) is 0 Å². The molecular weight excluding hydrogens is 1160 g/mol. The summed E-state index contributed by atoms with van der Waals surface area (Å²) in [4.78, 5) is 43.5. The van der Waals surface area contributed by atoms with E-state index in [2.05, 4.69) is 273 Å². The van der Waals surface area contributed by atoms with Crippen LogP contribution in [-0.2, 0) is 42.1 Å². The van der Waals surface area contributed by atoms with Gasteiger partial charge in [-0.3, -0.25) is 14.6 Å². The molecule has 530 valence electrons. The zero-order valence-corrected chi connectivity index (χ0v) is 67.3. The smallest absolute Gasteiger partial charge is 0.226 e. The normalized spacial score (nSPS) is 11.9. The van der Waals surface area contributed by atoms with E-state index in [1.54, 1.807) is 0 Å². The van der Waals surface area contributed by atoms with Crippen LogP contribution in [0.5, 0.6) is 0 Å². The first-order valence-electron chi connectivity index (χ1n) is 35.9. The highest BCUT2D eigenvalue weighted by Crippen LogP contribution is 2.32. The predicted molar refractivity (Wildman–Crippen MR) is 424 cm³/mol. The maximum atomic E-state index is 11.5. The van der Waals surface area contributed by atoms with Crippen molar-refractivity contribution in [3.63, 3.8) is 0 Å². The van der Waals surface area contributed by atoms with Crippen LogP contribution in [0, 0.1) is 17.8 Å². The van der Waals surface area contributed by atoms with Crippen LogP contribution in [-0.4, -0.2) is 37.5 Å². The predicted octanol–water partition coefficient (Wildman–Crippen LogP) is 25.8. The van der Waals surface area contributed by atoms with Crippen molar-refractivity contribution in [2.24, 2.45) is 22.7 Å². The Balaban J connectivity index is 0. The summed E-state index contributed by atoms with van der Waals surface area (Å²) in [6, 6.07) is 40.2. The zero-order valence-electron chi connectivity index (χ0n) is 67.3. The molecule has 7 aromatic rings. The van der Waals surface area contributed by atoms with Gasteiger partial charge in [-0.1, -0.05) is 328 Å². The van der Waals surface area contributed by atoms with Gasteiger partial charge in [-0.25, -0.2) is 9.97 Å². The number of amides is 2. The van der Waals surface area contributed by atoms with Crippen LogP contribution in [0.2, 0.25) is 0 Å². The lowest BCUT2D eigenvalue weighted by Crippen LogP contribution is -2.18. The lowest BCUT2D eigenvalue weighted by atomic mass is 9.85. The van der Waals surface area contributed by atoms with Crippen LogP contribution in [0.3, 0.4) is 0 Å². The topological polar surface area (TPSA) is 128 Å². The van der Waals surface area contributed by atoms with Gasteiger partial charge in [0.05, 0.1) is 22.9 Å². The number of aromatic amines is 2. The lowest BCUT2D eigenvalue weighted by molar-refractivity contribution is -0.119. The molecule has 0 atom stereocenters. The van der Waals surface area contributed by atoms with Crippen LogP contribution >= 0.6 is 0 Å². The molecule has 0 spiro atoms. The first kappa shape index (κ1) is 90.2. The fourth-order valence-electron chi connectivity index (χ4n) is 8.59. The molecule has 0 saturated heterocycles. The maximum Gasteiger partial charge on any atom is 0.226 e. The Morgan fingerprint density at radius 2 is 0.853 bits per heavy atom. The van der Waals surface area contributed by atoms with E-state index in [-0.39, 0.29) is 56.1 Å². The molecule has 9 heteroatoms. The Morgan fingerprint density at radius 3 is 1.26 bits per heavy atom. The number of aliphatic imine (C=N–C) groups is 1. The maximum absolute atomic E-state index is 11.5. The van der Waals surface area contributed by atoms with Gasteiger partial charge in [-0.2, -0.15) is 0 Å². The zero-order chi connectivity index (χ0) is 74.2. The molecule has 95 heavy (non-hydrogen) atoms. The molecule has 0 unspecified atom stereocenters. The SMILES string of the molecule is CC.CC.CC.CC.CC.CC(C)(C)c1ccc(-c2cnc(C(C)(C)C)[nH]2)cc1.CC(C)(C)c1ccc2nc(C(C)(C)C)[nH]c2c1.CC(C)C(=O)Nc1ccc(C(C)(C)C)cc1.CC(C)C(=O)Nc1cccc(C(C)C)c1.CC(C)C1=NC=C(c2cccc(C(C)(C)C)c2)C1. The number of rotatable bonds is 8. The number of anilines is 2. The highest BCUT2D eigenvalue weighted by molar-refractivity contribution is 5.99. The molecule has 5 aromatic carbocycles. The molecule has 8 rings (SSSR count).